The van der Waals surface area contributed by atoms with Gasteiger partial charge in [-0.05, 0) is 42.3 Å². The monoisotopic (exact) mass is 372 g/mol. The van der Waals surface area contributed by atoms with Crippen LogP contribution in [-0.2, 0) is 0 Å². The van der Waals surface area contributed by atoms with Crippen LogP contribution in [-0.4, -0.2) is 43.6 Å². The van der Waals surface area contributed by atoms with Crippen LogP contribution in [0, 0.1) is 5.92 Å². The lowest BCUT2D eigenvalue weighted by Gasteiger charge is -2.39. The minimum atomic E-state index is 0.0931. The molecular formula is C21H28N2O2S. The molecule has 0 unspecified atom stereocenters. The average molecular weight is 373 g/mol. The van der Waals surface area contributed by atoms with E-state index in [9.17, 15) is 4.79 Å². The molecule has 4 nitrogen and oxygen atoms in total. The molecule has 0 atom stereocenters. The minimum absolute atomic E-state index is 0.0931. The lowest BCUT2D eigenvalue weighted by atomic mass is 10.0. The fourth-order valence-corrected chi connectivity index (χ4v) is 4.31. The van der Waals surface area contributed by atoms with Gasteiger partial charge in [0, 0.05) is 37.4 Å². The van der Waals surface area contributed by atoms with Crippen molar-refractivity contribution < 1.29 is 9.53 Å². The Morgan fingerprint density at radius 3 is 2.65 bits per heavy atom. The van der Waals surface area contributed by atoms with E-state index in [1.807, 2.05) is 46.7 Å². The Balaban J connectivity index is 1.83. The van der Waals surface area contributed by atoms with Crippen LogP contribution in [0.5, 0.6) is 5.75 Å². The summed E-state index contributed by atoms with van der Waals surface area (Å²) in [6.07, 6.45) is 2.00. The first-order valence-corrected chi connectivity index (χ1v) is 10.2. The van der Waals surface area contributed by atoms with Crippen LogP contribution in [0.25, 0.3) is 0 Å². The molecule has 0 bridgehead atoms. The minimum Gasteiger partial charge on any atom is -0.497 e. The van der Waals surface area contributed by atoms with Gasteiger partial charge in [0.1, 0.15) is 5.75 Å². The molecule has 5 heteroatoms. The van der Waals surface area contributed by atoms with Crippen molar-refractivity contribution in [3.8, 4) is 5.75 Å². The number of nitrogens with zero attached hydrogens (tertiary/aromatic N) is 2. The van der Waals surface area contributed by atoms with Crippen LogP contribution in [0.3, 0.4) is 0 Å². The number of hydrogen-bond acceptors (Lipinski definition) is 4. The molecule has 0 N–H and O–H groups in total. The average Bonchev–Trinajstić information content (AvgIpc) is 3.18. The number of rotatable bonds is 6. The number of methoxy groups -OCH3 is 1. The van der Waals surface area contributed by atoms with E-state index >= 15 is 0 Å². The molecule has 2 aromatic rings. The summed E-state index contributed by atoms with van der Waals surface area (Å²) < 4.78 is 5.38. The predicted octanol–water partition coefficient (Wildman–Crippen LogP) is 4.52. The van der Waals surface area contributed by atoms with E-state index in [0.29, 0.717) is 5.92 Å². The second-order valence-electron chi connectivity index (χ2n) is 7.28. The van der Waals surface area contributed by atoms with Gasteiger partial charge >= 0.3 is 0 Å². The Kier molecular flexibility index (Phi) is 6.33. The van der Waals surface area contributed by atoms with Crippen LogP contribution < -0.4 is 9.64 Å². The van der Waals surface area contributed by atoms with Gasteiger partial charge in [-0.3, -0.25) is 4.79 Å². The predicted molar refractivity (Wildman–Crippen MR) is 108 cm³/mol. The van der Waals surface area contributed by atoms with E-state index in [1.54, 1.807) is 7.11 Å². The molecule has 140 valence electrons. The Labute approximate surface area is 160 Å². The molecule has 0 aliphatic carbocycles. The van der Waals surface area contributed by atoms with Crippen molar-refractivity contribution in [2.75, 3.05) is 31.6 Å². The highest BCUT2D eigenvalue weighted by molar-refractivity contribution is 7.12. The summed E-state index contributed by atoms with van der Waals surface area (Å²) in [4.78, 5) is 18.5. The van der Waals surface area contributed by atoms with Crippen LogP contribution in [0.2, 0.25) is 0 Å². The standard InChI is InChI=1S/C21H28N2O2S/c1-16(2)15-22-11-9-17(10-12-22)23(21(24)20-8-5-13-26-20)18-6-4-7-19(14-18)25-3/h4-8,13-14,16-17H,9-12,15H2,1-3H3. The van der Waals surface area contributed by atoms with Crippen molar-refractivity contribution >= 4 is 22.9 Å². The molecule has 3 rings (SSSR count). The molecule has 2 heterocycles. The Hall–Kier alpha value is -1.85. The van der Waals surface area contributed by atoms with Crippen molar-refractivity contribution in [1.82, 2.24) is 4.90 Å². The molecule has 1 aromatic heterocycles. The smallest absolute Gasteiger partial charge is 0.268 e. The van der Waals surface area contributed by atoms with E-state index < -0.39 is 0 Å². The van der Waals surface area contributed by atoms with Crippen molar-refractivity contribution in [2.24, 2.45) is 5.92 Å². The highest BCUT2D eigenvalue weighted by Crippen LogP contribution is 2.29. The maximum absolute atomic E-state index is 13.2. The molecule has 1 fully saturated rings. The lowest BCUT2D eigenvalue weighted by molar-refractivity contribution is 0.0961. The molecule has 1 amide bonds. The summed E-state index contributed by atoms with van der Waals surface area (Å²) in [5.74, 6) is 1.55. The first kappa shape index (κ1) is 18.9. The van der Waals surface area contributed by atoms with E-state index in [4.69, 9.17) is 4.74 Å². The summed E-state index contributed by atoms with van der Waals surface area (Å²) in [5, 5.41) is 1.96. The van der Waals surface area contributed by atoms with E-state index in [2.05, 4.69) is 18.7 Å². The summed E-state index contributed by atoms with van der Waals surface area (Å²) in [5.41, 5.74) is 0.921. The Bertz CT molecular complexity index is 707. The zero-order valence-electron chi connectivity index (χ0n) is 15.9. The zero-order chi connectivity index (χ0) is 18.5. The summed E-state index contributed by atoms with van der Waals surface area (Å²) in [7, 11) is 1.66. The highest BCUT2D eigenvalue weighted by Gasteiger charge is 2.30. The number of likely N-dealkylation sites (tertiary alicyclic amines) is 1. The molecule has 1 saturated heterocycles. The molecule has 1 aliphatic heterocycles. The van der Waals surface area contributed by atoms with Crippen molar-refractivity contribution in [1.29, 1.82) is 0 Å². The van der Waals surface area contributed by atoms with Crippen LogP contribution in [0.15, 0.2) is 41.8 Å². The number of thiophene rings is 1. The second-order valence-corrected chi connectivity index (χ2v) is 8.23. The molecular weight excluding hydrogens is 344 g/mol. The fraction of sp³-hybridized carbons (Fsp3) is 0.476. The van der Waals surface area contributed by atoms with E-state index in [-0.39, 0.29) is 11.9 Å². The Morgan fingerprint density at radius 2 is 2.04 bits per heavy atom. The highest BCUT2D eigenvalue weighted by atomic mass is 32.1. The molecule has 26 heavy (non-hydrogen) atoms. The van der Waals surface area contributed by atoms with Gasteiger partial charge in [-0.1, -0.05) is 26.0 Å². The summed E-state index contributed by atoms with van der Waals surface area (Å²) in [6, 6.07) is 11.9. The number of benzene rings is 1. The van der Waals surface area contributed by atoms with Crippen molar-refractivity contribution in [3.63, 3.8) is 0 Å². The first-order chi connectivity index (χ1) is 12.6. The Morgan fingerprint density at radius 1 is 1.27 bits per heavy atom. The van der Waals surface area contributed by atoms with Crippen LogP contribution >= 0.6 is 11.3 Å². The van der Waals surface area contributed by atoms with Gasteiger partial charge in [0.2, 0.25) is 0 Å². The largest absolute Gasteiger partial charge is 0.497 e. The number of carbonyl (C=O) groups is 1. The fourth-order valence-electron chi connectivity index (χ4n) is 3.65. The summed E-state index contributed by atoms with van der Waals surface area (Å²) in [6.45, 7) is 7.73. The number of amides is 1. The van der Waals surface area contributed by atoms with Gasteiger partial charge in [-0.25, -0.2) is 0 Å². The van der Waals surface area contributed by atoms with Crippen LogP contribution in [0.4, 0.5) is 5.69 Å². The van der Waals surface area contributed by atoms with Crippen molar-refractivity contribution in [2.45, 2.75) is 32.7 Å². The van der Waals surface area contributed by atoms with Crippen LogP contribution in [0.1, 0.15) is 36.4 Å². The maximum Gasteiger partial charge on any atom is 0.268 e. The van der Waals surface area contributed by atoms with Gasteiger partial charge in [0.05, 0.1) is 12.0 Å². The second kappa shape index (κ2) is 8.69. The van der Waals surface area contributed by atoms with Gasteiger partial charge in [-0.15, -0.1) is 11.3 Å². The van der Waals surface area contributed by atoms with Gasteiger partial charge < -0.3 is 14.5 Å². The van der Waals surface area contributed by atoms with E-state index in [0.717, 1.165) is 48.8 Å². The van der Waals surface area contributed by atoms with Gasteiger partial charge in [-0.2, -0.15) is 0 Å². The first-order valence-electron chi connectivity index (χ1n) is 9.32. The molecule has 1 aromatic carbocycles. The summed E-state index contributed by atoms with van der Waals surface area (Å²) >= 11 is 1.50. The number of ether oxygens (including phenoxy) is 1. The normalized spacial score (nSPS) is 16.0. The molecule has 0 saturated carbocycles. The number of carbonyl (C=O) groups excluding carboxylic acids is 1. The van der Waals surface area contributed by atoms with E-state index in [1.165, 1.54) is 11.3 Å². The number of piperidine rings is 1. The third kappa shape index (κ3) is 4.46. The van der Waals surface area contributed by atoms with Crippen molar-refractivity contribution in [3.05, 3.63) is 46.7 Å². The quantitative estimate of drug-likeness (QED) is 0.747. The van der Waals surface area contributed by atoms with Gasteiger partial charge in [0.25, 0.3) is 5.91 Å². The SMILES string of the molecule is COc1cccc(N(C(=O)c2cccs2)C2CCN(CC(C)C)CC2)c1. The molecule has 0 radical (unpaired) electrons. The number of anilines is 1. The topological polar surface area (TPSA) is 32.8 Å². The molecule has 1 aliphatic rings. The lowest BCUT2D eigenvalue weighted by Crippen LogP contribution is -2.48. The number of hydrogen-bond donors (Lipinski definition) is 0. The maximum atomic E-state index is 13.2. The van der Waals surface area contributed by atoms with Gasteiger partial charge in [0.15, 0.2) is 0 Å². The third-order valence-electron chi connectivity index (χ3n) is 4.83. The zero-order valence-corrected chi connectivity index (χ0v) is 16.7. The molecule has 0 spiro atoms. The third-order valence-corrected chi connectivity index (χ3v) is 5.69.